The molecule has 3 rings (SSSR count). The Hall–Kier alpha value is -3.06. The van der Waals surface area contributed by atoms with Crippen molar-refractivity contribution >= 4 is 17.5 Å². The van der Waals surface area contributed by atoms with Gasteiger partial charge < -0.3 is 14.8 Å². The molecule has 0 atom stereocenters. The molecule has 0 unspecified atom stereocenters. The molecule has 140 valence electrons. The van der Waals surface area contributed by atoms with Gasteiger partial charge >= 0.3 is 0 Å². The molecule has 0 fully saturated rings. The van der Waals surface area contributed by atoms with Gasteiger partial charge in [-0.05, 0) is 48.4 Å². The number of carbonyl (C=O) groups excluding carboxylic acids is 1. The summed E-state index contributed by atoms with van der Waals surface area (Å²) in [6.45, 7) is 0.460. The van der Waals surface area contributed by atoms with Gasteiger partial charge in [0.2, 0.25) is 0 Å². The van der Waals surface area contributed by atoms with Gasteiger partial charge in [-0.3, -0.25) is 4.79 Å². The highest BCUT2D eigenvalue weighted by Gasteiger charge is 2.11. The highest BCUT2D eigenvalue weighted by molar-refractivity contribution is 6.30. The number of halogens is 1. The van der Waals surface area contributed by atoms with Crippen molar-refractivity contribution < 1.29 is 14.3 Å². The van der Waals surface area contributed by atoms with Gasteiger partial charge in [-0.2, -0.15) is 0 Å². The lowest BCUT2D eigenvalue weighted by molar-refractivity contribution is 0.0949. The highest BCUT2D eigenvalue weighted by Crippen LogP contribution is 2.27. The lowest BCUT2D eigenvalue weighted by atomic mass is 10.1. The van der Waals surface area contributed by atoms with Crippen LogP contribution in [-0.2, 0) is 6.42 Å². The fraction of sp³-hybridized carbons (Fsp3) is 0.211. The minimum atomic E-state index is -0.282. The van der Waals surface area contributed by atoms with Crippen LogP contribution in [0.25, 0.3) is 5.69 Å². The molecule has 0 saturated carbocycles. The van der Waals surface area contributed by atoms with Crippen LogP contribution in [0.5, 0.6) is 11.5 Å². The van der Waals surface area contributed by atoms with Crippen LogP contribution >= 0.6 is 11.6 Å². The number of ether oxygens (including phenoxy) is 2. The summed E-state index contributed by atoms with van der Waals surface area (Å²) in [6, 6.07) is 12.8. The topological polar surface area (TPSA) is 78.3 Å². The summed E-state index contributed by atoms with van der Waals surface area (Å²) in [5, 5.41) is 11.4. The average Bonchev–Trinajstić information content (AvgIpc) is 3.18. The Morgan fingerprint density at radius 3 is 2.56 bits per heavy atom. The SMILES string of the molecule is COc1ccc(CCNC(=O)c2cn(-c3ccc(Cl)cc3)nn2)cc1OC. The summed E-state index contributed by atoms with van der Waals surface area (Å²) in [5.41, 5.74) is 2.05. The van der Waals surface area contributed by atoms with Crippen molar-refractivity contribution in [3.8, 4) is 17.2 Å². The molecule has 27 heavy (non-hydrogen) atoms. The third-order valence-corrected chi connectivity index (χ3v) is 4.22. The molecule has 1 heterocycles. The van der Waals surface area contributed by atoms with Crippen LogP contribution in [0.3, 0.4) is 0 Å². The molecule has 2 aromatic carbocycles. The Kier molecular flexibility index (Phi) is 5.93. The maximum absolute atomic E-state index is 12.3. The fourth-order valence-corrected chi connectivity index (χ4v) is 2.66. The molecule has 1 amide bonds. The van der Waals surface area contributed by atoms with Crippen molar-refractivity contribution in [1.29, 1.82) is 0 Å². The average molecular weight is 387 g/mol. The van der Waals surface area contributed by atoms with Crippen LogP contribution in [0.4, 0.5) is 0 Å². The van der Waals surface area contributed by atoms with Gasteiger partial charge in [0, 0.05) is 11.6 Å². The van der Waals surface area contributed by atoms with E-state index < -0.39 is 0 Å². The monoisotopic (exact) mass is 386 g/mol. The standard InChI is InChI=1S/C19H19ClN4O3/c1-26-17-8-3-13(11-18(17)27-2)9-10-21-19(25)16-12-24(23-22-16)15-6-4-14(20)5-7-15/h3-8,11-12H,9-10H2,1-2H3,(H,21,25). The van der Waals surface area contributed by atoms with Crippen molar-refractivity contribution in [2.75, 3.05) is 20.8 Å². The minimum Gasteiger partial charge on any atom is -0.493 e. The van der Waals surface area contributed by atoms with Crippen LogP contribution < -0.4 is 14.8 Å². The summed E-state index contributed by atoms with van der Waals surface area (Å²) in [5.74, 6) is 1.05. The van der Waals surface area contributed by atoms with Gasteiger partial charge in [0.1, 0.15) is 0 Å². The summed E-state index contributed by atoms with van der Waals surface area (Å²) < 4.78 is 12.0. The van der Waals surface area contributed by atoms with E-state index in [0.29, 0.717) is 29.5 Å². The van der Waals surface area contributed by atoms with Gasteiger partial charge in [0.15, 0.2) is 17.2 Å². The predicted molar refractivity (Wildman–Crippen MR) is 102 cm³/mol. The molecular weight excluding hydrogens is 368 g/mol. The summed E-state index contributed by atoms with van der Waals surface area (Å²) >= 11 is 5.87. The lowest BCUT2D eigenvalue weighted by Gasteiger charge is -2.09. The zero-order chi connectivity index (χ0) is 19.2. The molecule has 3 aromatic rings. The normalized spacial score (nSPS) is 10.5. The number of nitrogens with zero attached hydrogens (tertiary/aromatic N) is 3. The first-order valence-corrected chi connectivity index (χ1v) is 8.66. The molecule has 0 aliphatic carbocycles. The fourth-order valence-electron chi connectivity index (χ4n) is 2.53. The number of rotatable bonds is 7. The predicted octanol–water partition coefficient (Wildman–Crippen LogP) is 2.91. The molecule has 1 aromatic heterocycles. The van der Waals surface area contributed by atoms with E-state index in [9.17, 15) is 4.79 Å². The maximum atomic E-state index is 12.3. The number of amides is 1. The highest BCUT2D eigenvalue weighted by atomic mass is 35.5. The molecule has 0 spiro atoms. The maximum Gasteiger partial charge on any atom is 0.273 e. The second kappa shape index (κ2) is 8.55. The van der Waals surface area contributed by atoms with Gasteiger partial charge in [-0.25, -0.2) is 4.68 Å². The largest absolute Gasteiger partial charge is 0.493 e. The molecule has 0 aliphatic heterocycles. The Balaban J connectivity index is 1.58. The minimum absolute atomic E-state index is 0.247. The van der Waals surface area contributed by atoms with E-state index >= 15 is 0 Å². The first-order valence-electron chi connectivity index (χ1n) is 8.28. The van der Waals surface area contributed by atoms with Gasteiger partial charge in [-0.1, -0.05) is 22.9 Å². The van der Waals surface area contributed by atoms with Crippen molar-refractivity contribution in [2.45, 2.75) is 6.42 Å². The molecule has 7 nitrogen and oxygen atoms in total. The van der Waals surface area contributed by atoms with E-state index in [1.807, 2.05) is 18.2 Å². The first-order chi connectivity index (χ1) is 13.1. The van der Waals surface area contributed by atoms with Crippen LogP contribution in [0.1, 0.15) is 16.1 Å². The quantitative estimate of drug-likeness (QED) is 0.675. The van der Waals surface area contributed by atoms with Crippen molar-refractivity contribution in [3.05, 3.63) is 64.9 Å². The third-order valence-electron chi connectivity index (χ3n) is 3.96. The second-order valence-corrected chi connectivity index (χ2v) is 6.16. The van der Waals surface area contributed by atoms with E-state index in [2.05, 4.69) is 15.6 Å². The Bertz CT molecular complexity index is 925. The van der Waals surface area contributed by atoms with E-state index in [1.54, 1.807) is 44.7 Å². The molecular formula is C19H19ClN4O3. The molecule has 0 aliphatic rings. The van der Waals surface area contributed by atoms with E-state index in [-0.39, 0.29) is 11.6 Å². The zero-order valence-corrected chi connectivity index (χ0v) is 15.7. The number of hydrogen-bond donors (Lipinski definition) is 1. The molecule has 0 saturated heterocycles. The number of aromatic nitrogens is 3. The molecule has 1 N–H and O–H groups in total. The van der Waals surface area contributed by atoms with Crippen LogP contribution in [-0.4, -0.2) is 41.7 Å². The second-order valence-electron chi connectivity index (χ2n) is 5.72. The van der Waals surface area contributed by atoms with Crippen molar-refractivity contribution in [1.82, 2.24) is 20.3 Å². The number of hydrogen-bond acceptors (Lipinski definition) is 5. The lowest BCUT2D eigenvalue weighted by Crippen LogP contribution is -2.26. The number of methoxy groups -OCH3 is 2. The molecule has 8 heteroatoms. The van der Waals surface area contributed by atoms with E-state index in [1.165, 1.54) is 4.68 Å². The molecule has 0 radical (unpaired) electrons. The van der Waals surface area contributed by atoms with Gasteiger partial charge in [0.05, 0.1) is 26.1 Å². The van der Waals surface area contributed by atoms with Crippen LogP contribution in [0.2, 0.25) is 5.02 Å². The number of carbonyl (C=O) groups is 1. The number of nitrogens with one attached hydrogen (secondary N) is 1. The summed E-state index contributed by atoms with van der Waals surface area (Å²) in [4.78, 5) is 12.3. The zero-order valence-electron chi connectivity index (χ0n) is 15.0. The Labute approximate surface area is 161 Å². The molecule has 0 bridgehead atoms. The van der Waals surface area contributed by atoms with Crippen molar-refractivity contribution in [3.63, 3.8) is 0 Å². The van der Waals surface area contributed by atoms with Crippen molar-refractivity contribution in [2.24, 2.45) is 0 Å². The van der Waals surface area contributed by atoms with Crippen LogP contribution in [0.15, 0.2) is 48.7 Å². The Morgan fingerprint density at radius 2 is 1.85 bits per heavy atom. The Morgan fingerprint density at radius 1 is 1.11 bits per heavy atom. The van der Waals surface area contributed by atoms with Gasteiger partial charge in [0.25, 0.3) is 5.91 Å². The van der Waals surface area contributed by atoms with Crippen LogP contribution in [0, 0.1) is 0 Å². The summed E-state index contributed by atoms with van der Waals surface area (Å²) in [7, 11) is 3.18. The first kappa shape index (κ1) is 18.7. The summed E-state index contributed by atoms with van der Waals surface area (Å²) in [6.07, 6.45) is 2.23. The van der Waals surface area contributed by atoms with E-state index in [4.69, 9.17) is 21.1 Å². The third kappa shape index (κ3) is 4.57. The van der Waals surface area contributed by atoms with E-state index in [0.717, 1.165) is 11.3 Å². The number of benzene rings is 2. The smallest absolute Gasteiger partial charge is 0.273 e. The van der Waals surface area contributed by atoms with Gasteiger partial charge in [-0.15, -0.1) is 5.10 Å².